The molecule has 4 nitrogen and oxygen atoms in total. The number of nitrogens with zero attached hydrogens (tertiary/aromatic N) is 1. The average Bonchev–Trinajstić information content (AvgIpc) is 2.95. The highest BCUT2D eigenvalue weighted by Crippen LogP contribution is 2.25. The number of furan rings is 1. The van der Waals surface area contributed by atoms with Crippen molar-refractivity contribution < 1.29 is 4.42 Å². The lowest BCUT2D eigenvalue weighted by Crippen LogP contribution is -2.22. The Kier molecular flexibility index (Phi) is 3.65. The third-order valence-electron chi connectivity index (χ3n) is 4.55. The summed E-state index contributed by atoms with van der Waals surface area (Å²) in [5, 5.41) is 0.896. The highest BCUT2D eigenvalue weighted by Gasteiger charge is 2.14. The molecular weight excluding hydrogens is 308 g/mol. The molecule has 2 aromatic heterocycles. The molecule has 0 radical (unpaired) electrons. The highest BCUT2D eigenvalue weighted by atomic mass is 32.1. The molecule has 1 aliphatic rings. The van der Waals surface area contributed by atoms with Gasteiger partial charge in [-0.05, 0) is 56.5 Å². The minimum atomic E-state index is -0.142. The lowest BCUT2D eigenvalue weighted by molar-refractivity contribution is 0.590. The van der Waals surface area contributed by atoms with Crippen LogP contribution in [-0.2, 0) is 6.54 Å². The van der Waals surface area contributed by atoms with Gasteiger partial charge < -0.3 is 9.40 Å². The van der Waals surface area contributed by atoms with Gasteiger partial charge in [0.2, 0.25) is 5.58 Å². The molecule has 1 aliphatic carbocycles. The molecule has 0 saturated carbocycles. The van der Waals surface area contributed by atoms with Crippen molar-refractivity contribution in [1.29, 1.82) is 0 Å². The summed E-state index contributed by atoms with van der Waals surface area (Å²) in [7, 11) is 0. The number of benzene rings is 1. The zero-order valence-electron chi connectivity index (χ0n) is 12.8. The molecule has 0 aliphatic heterocycles. The monoisotopic (exact) mass is 326 g/mol. The third kappa shape index (κ3) is 2.55. The lowest BCUT2D eigenvalue weighted by atomic mass is 9.97. The van der Waals surface area contributed by atoms with Gasteiger partial charge in [0, 0.05) is 11.9 Å². The van der Waals surface area contributed by atoms with E-state index < -0.39 is 0 Å². The Morgan fingerprint density at radius 1 is 1.26 bits per heavy atom. The van der Waals surface area contributed by atoms with Gasteiger partial charge in [0.05, 0.1) is 0 Å². The Bertz CT molecular complexity index is 1020. The largest absolute Gasteiger partial charge is 0.449 e. The molecule has 0 saturated heterocycles. The van der Waals surface area contributed by atoms with Crippen LogP contribution >= 0.6 is 12.2 Å². The van der Waals surface area contributed by atoms with Crippen molar-refractivity contribution in [2.75, 3.05) is 0 Å². The fourth-order valence-electron chi connectivity index (χ4n) is 3.30. The summed E-state index contributed by atoms with van der Waals surface area (Å²) in [6.45, 7) is 0.604. The van der Waals surface area contributed by atoms with E-state index >= 15 is 0 Å². The molecule has 2 heterocycles. The number of aromatic nitrogens is 2. The van der Waals surface area contributed by atoms with Crippen LogP contribution in [0.25, 0.3) is 22.1 Å². The maximum absolute atomic E-state index is 12.8. The average molecular weight is 326 g/mol. The quantitative estimate of drug-likeness (QED) is 0.561. The summed E-state index contributed by atoms with van der Waals surface area (Å²) < 4.78 is 7.83. The molecule has 0 amide bonds. The minimum absolute atomic E-state index is 0.142. The molecule has 1 N–H and O–H groups in total. The van der Waals surface area contributed by atoms with Crippen LogP contribution in [0.5, 0.6) is 0 Å². The fraction of sp³-hybridized carbons (Fsp3) is 0.333. The zero-order chi connectivity index (χ0) is 15.8. The van der Waals surface area contributed by atoms with E-state index in [4.69, 9.17) is 16.6 Å². The van der Waals surface area contributed by atoms with Crippen molar-refractivity contribution in [1.82, 2.24) is 9.55 Å². The molecule has 1 aromatic carbocycles. The van der Waals surface area contributed by atoms with Crippen LogP contribution in [0.2, 0.25) is 0 Å². The summed E-state index contributed by atoms with van der Waals surface area (Å²) in [5.41, 5.74) is 3.05. The van der Waals surface area contributed by atoms with Crippen molar-refractivity contribution in [3.05, 3.63) is 51.0 Å². The van der Waals surface area contributed by atoms with Crippen LogP contribution in [0, 0.1) is 4.77 Å². The van der Waals surface area contributed by atoms with Gasteiger partial charge in [-0.25, -0.2) is 0 Å². The molecule has 5 heteroatoms. The number of H-pyrrole nitrogens is 1. The van der Waals surface area contributed by atoms with Crippen molar-refractivity contribution in [2.45, 2.75) is 38.6 Å². The first-order valence-electron chi connectivity index (χ1n) is 8.06. The van der Waals surface area contributed by atoms with Crippen molar-refractivity contribution in [3.63, 3.8) is 0 Å². The van der Waals surface area contributed by atoms with Crippen molar-refractivity contribution in [2.24, 2.45) is 0 Å². The Hall–Kier alpha value is -2.14. The first-order valence-corrected chi connectivity index (χ1v) is 8.47. The first kappa shape index (κ1) is 14.5. The van der Waals surface area contributed by atoms with Gasteiger partial charge in [-0.15, -0.1) is 0 Å². The molecule has 0 unspecified atom stereocenters. The number of rotatable bonds is 3. The second kappa shape index (κ2) is 5.81. The first-order chi connectivity index (χ1) is 11.2. The van der Waals surface area contributed by atoms with E-state index in [9.17, 15) is 4.79 Å². The van der Waals surface area contributed by atoms with Crippen LogP contribution in [0.3, 0.4) is 0 Å². The molecule has 0 bridgehead atoms. The second-order valence-electron chi connectivity index (χ2n) is 6.05. The van der Waals surface area contributed by atoms with E-state index in [2.05, 4.69) is 11.1 Å². The smallest absolute Gasteiger partial charge is 0.297 e. The molecule has 4 rings (SSSR count). The van der Waals surface area contributed by atoms with Gasteiger partial charge in [0.15, 0.2) is 4.77 Å². The standard InChI is InChI=1S/C18H18N2O2S/c21-17-16-15(13-8-4-5-9-14(13)22-16)19-18(23)20(17)11-10-12-6-2-1-3-7-12/h4-6,8-9H,1-3,7,10-11H2,(H,19,23). The van der Waals surface area contributed by atoms with Gasteiger partial charge in [-0.1, -0.05) is 23.8 Å². The summed E-state index contributed by atoms with van der Waals surface area (Å²) in [4.78, 5) is 15.9. The number of nitrogens with one attached hydrogen (secondary N) is 1. The number of para-hydroxylation sites is 1. The van der Waals surface area contributed by atoms with Gasteiger partial charge in [-0.2, -0.15) is 0 Å². The van der Waals surface area contributed by atoms with Crippen LogP contribution in [-0.4, -0.2) is 9.55 Å². The van der Waals surface area contributed by atoms with Crippen molar-refractivity contribution >= 4 is 34.3 Å². The van der Waals surface area contributed by atoms with Gasteiger partial charge in [0.25, 0.3) is 5.56 Å². The summed E-state index contributed by atoms with van der Waals surface area (Å²) in [5.74, 6) is 0. The summed E-state index contributed by atoms with van der Waals surface area (Å²) in [6.07, 6.45) is 7.99. The summed E-state index contributed by atoms with van der Waals surface area (Å²) >= 11 is 5.41. The number of allylic oxidation sites excluding steroid dienone is 2. The fourth-order valence-corrected chi connectivity index (χ4v) is 3.58. The Balaban J connectivity index is 1.78. The Morgan fingerprint density at radius 3 is 2.96 bits per heavy atom. The Morgan fingerprint density at radius 2 is 2.13 bits per heavy atom. The van der Waals surface area contributed by atoms with Gasteiger partial charge in [0.1, 0.15) is 11.1 Å². The van der Waals surface area contributed by atoms with Crippen LogP contribution in [0.15, 0.2) is 45.1 Å². The number of hydrogen-bond donors (Lipinski definition) is 1. The normalized spacial score (nSPS) is 15.2. The third-order valence-corrected chi connectivity index (χ3v) is 4.88. The number of fused-ring (bicyclic) bond motifs is 3. The molecule has 0 spiro atoms. The predicted molar refractivity (Wildman–Crippen MR) is 94.3 cm³/mol. The predicted octanol–water partition coefficient (Wildman–Crippen LogP) is 4.70. The lowest BCUT2D eigenvalue weighted by Gasteiger charge is -2.13. The van der Waals surface area contributed by atoms with E-state index in [1.54, 1.807) is 4.57 Å². The van der Waals surface area contributed by atoms with E-state index in [0.717, 1.165) is 24.6 Å². The van der Waals surface area contributed by atoms with E-state index in [-0.39, 0.29) is 5.56 Å². The maximum Gasteiger partial charge on any atom is 0.297 e. The highest BCUT2D eigenvalue weighted by molar-refractivity contribution is 7.71. The summed E-state index contributed by atoms with van der Waals surface area (Å²) in [6, 6.07) is 7.62. The maximum atomic E-state index is 12.8. The molecule has 118 valence electrons. The Labute approximate surface area is 138 Å². The second-order valence-corrected chi connectivity index (χ2v) is 6.43. The SMILES string of the molecule is O=c1c2oc3ccccc3c2[nH]c(=S)n1CCC1=CCCCC1. The van der Waals surface area contributed by atoms with Crippen LogP contribution in [0.1, 0.15) is 32.1 Å². The molecule has 3 aromatic rings. The van der Waals surface area contributed by atoms with E-state index in [1.807, 2.05) is 24.3 Å². The number of aromatic amines is 1. The topological polar surface area (TPSA) is 50.9 Å². The van der Waals surface area contributed by atoms with Crippen LogP contribution in [0.4, 0.5) is 0 Å². The minimum Gasteiger partial charge on any atom is -0.449 e. The molecular formula is C18H18N2O2S. The molecule has 0 atom stereocenters. The van der Waals surface area contributed by atoms with Gasteiger partial charge in [-0.3, -0.25) is 9.36 Å². The number of hydrogen-bond acceptors (Lipinski definition) is 3. The van der Waals surface area contributed by atoms with Crippen LogP contribution < -0.4 is 5.56 Å². The van der Waals surface area contributed by atoms with Crippen molar-refractivity contribution in [3.8, 4) is 0 Å². The zero-order valence-corrected chi connectivity index (χ0v) is 13.6. The molecule has 23 heavy (non-hydrogen) atoms. The molecule has 0 fully saturated rings. The van der Waals surface area contributed by atoms with Gasteiger partial charge >= 0.3 is 0 Å². The van der Waals surface area contributed by atoms with E-state index in [0.29, 0.717) is 28.0 Å². The van der Waals surface area contributed by atoms with E-state index in [1.165, 1.54) is 18.4 Å².